The first-order valence-electron chi connectivity index (χ1n) is 4.58. The summed E-state index contributed by atoms with van der Waals surface area (Å²) in [6, 6.07) is 7.31. The Morgan fingerprint density at radius 1 is 1.13 bits per heavy atom. The first-order chi connectivity index (χ1) is 7.34. The third-order valence-corrected chi connectivity index (χ3v) is 1.90. The quantitative estimate of drug-likeness (QED) is 0.820. The Morgan fingerprint density at radius 2 is 1.93 bits per heavy atom. The van der Waals surface area contributed by atoms with Gasteiger partial charge >= 0.3 is 0 Å². The van der Waals surface area contributed by atoms with Crippen LogP contribution in [-0.4, -0.2) is 9.97 Å². The van der Waals surface area contributed by atoms with Gasteiger partial charge < -0.3 is 10.5 Å². The molecule has 2 heterocycles. The minimum Gasteiger partial charge on any atom is -0.473 e. The van der Waals surface area contributed by atoms with Gasteiger partial charge in [-0.3, -0.25) is 4.98 Å². The minimum absolute atomic E-state index is 0.486. The standard InChI is InChI=1S/C11H11N3O/c12-10-1-2-11(14-7-10)15-8-9-3-5-13-6-4-9/h1-7H,8,12H2. The predicted molar refractivity (Wildman–Crippen MR) is 57.2 cm³/mol. The van der Waals surface area contributed by atoms with Gasteiger partial charge in [-0.15, -0.1) is 0 Å². The molecular formula is C11H11N3O. The SMILES string of the molecule is Nc1ccc(OCc2ccncc2)nc1. The second-order valence-electron chi connectivity index (χ2n) is 3.07. The van der Waals surface area contributed by atoms with Crippen LogP contribution in [0.4, 0.5) is 5.69 Å². The molecule has 0 aliphatic carbocycles. The van der Waals surface area contributed by atoms with Gasteiger partial charge in [-0.05, 0) is 23.8 Å². The summed E-state index contributed by atoms with van der Waals surface area (Å²) in [6.07, 6.45) is 5.03. The number of nitrogens with zero attached hydrogens (tertiary/aromatic N) is 2. The van der Waals surface area contributed by atoms with Crippen LogP contribution < -0.4 is 10.5 Å². The molecule has 0 atom stereocenters. The molecule has 0 fully saturated rings. The maximum Gasteiger partial charge on any atom is 0.213 e. The van der Waals surface area contributed by atoms with E-state index in [9.17, 15) is 0 Å². The van der Waals surface area contributed by atoms with Crippen LogP contribution in [0.2, 0.25) is 0 Å². The number of nitrogen functional groups attached to an aromatic ring is 1. The average Bonchev–Trinajstić information content (AvgIpc) is 2.30. The predicted octanol–water partition coefficient (Wildman–Crippen LogP) is 1.64. The van der Waals surface area contributed by atoms with Crippen LogP contribution >= 0.6 is 0 Å². The summed E-state index contributed by atoms with van der Waals surface area (Å²) in [7, 11) is 0. The summed E-state index contributed by atoms with van der Waals surface area (Å²) in [5, 5.41) is 0. The van der Waals surface area contributed by atoms with E-state index in [4.69, 9.17) is 10.5 Å². The van der Waals surface area contributed by atoms with Crippen LogP contribution in [-0.2, 0) is 6.61 Å². The Morgan fingerprint density at radius 3 is 2.60 bits per heavy atom. The van der Waals surface area contributed by atoms with Gasteiger partial charge in [-0.25, -0.2) is 4.98 Å². The van der Waals surface area contributed by atoms with Gasteiger partial charge in [0.2, 0.25) is 5.88 Å². The molecule has 0 saturated carbocycles. The van der Waals surface area contributed by atoms with Gasteiger partial charge in [-0.1, -0.05) is 0 Å². The summed E-state index contributed by atoms with van der Waals surface area (Å²) in [5.74, 6) is 0.570. The highest BCUT2D eigenvalue weighted by Crippen LogP contribution is 2.10. The number of nitrogens with two attached hydrogens (primary N) is 1. The Kier molecular flexibility index (Phi) is 2.78. The van der Waals surface area contributed by atoms with Crippen molar-refractivity contribution >= 4 is 5.69 Å². The molecule has 0 bridgehead atoms. The molecule has 0 unspecified atom stereocenters. The third kappa shape index (κ3) is 2.67. The van der Waals surface area contributed by atoms with Crippen LogP contribution in [0.15, 0.2) is 42.9 Å². The molecule has 0 spiro atoms. The molecule has 2 N–H and O–H groups in total. The smallest absolute Gasteiger partial charge is 0.213 e. The molecule has 2 aromatic rings. The van der Waals surface area contributed by atoms with Crippen molar-refractivity contribution in [1.82, 2.24) is 9.97 Å². The number of ether oxygens (including phenoxy) is 1. The number of anilines is 1. The molecule has 0 aromatic carbocycles. The molecular weight excluding hydrogens is 190 g/mol. The average molecular weight is 201 g/mol. The summed E-state index contributed by atoms with van der Waals surface area (Å²) in [5.41, 5.74) is 7.20. The zero-order chi connectivity index (χ0) is 10.5. The largest absolute Gasteiger partial charge is 0.473 e. The van der Waals surface area contributed by atoms with Crippen molar-refractivity contribution in [3.8, 4) is 5.88 Å². The molecule has 4 heteroatoms. The van der Waals surface area contributed by atoms with Gasteiger partial charge in [0.05, 0.1) is 11.9 Å². The lowest BCUT2D eigenvalue weighted by Gasteiger charge is -2.04. The number of hydrogen-bond acceptors (Lipinski definition) is 4. The van der Waals surface area contributed by atoms with Gasteiger partial charge in [0.15, 0.2) is 0 Å². The van der Waals surface area contributed by atoms with E-state index < -0.39 is 0 Å². The van der Waals surface area contributed by atoms with Gasteiger partial charge in [0, 0.05) is 18.5 Å². The maximum atomic E-state index is 5.51. The fourth-order valence-corrected chi connectivity index (χ4v) is 1.11. The highest BCUT2D eigenvalue weighted by molar-refractivity contribution is 5.36. The van der Waals surface area contributed by atoms with Crippen molar-refractivity contribution in [3.05, 3.63) is 48.4 Å². The molecule has 0 aliphatic rings. The van der Waals surface area contributed by atoms with E-state index in [0.717, 1.165) is 5.56 Å². The van der Waals surface area contributed by atoms with Crippen molar-refractivity contribution in [2.45, 2.75) is 6.61 Å². The normalized spacial score (nSPS) is 9.87. The van der Waals surface area contributed by atoms with E-state index in [-0.39, 0.29) is 0 Å². The van der Waals surface area contributed by atoms with Crippen molar-refractivity contribution in [1.29, 1.82) is 0 Å². The molecule has 0 radical (unpaired) electrons. The summed E-state index contributed by atoms with van der Waals surface area (Å²) in [4.78, 5) is 7.95. The summed E-state index contributed by atoms with van der Waals surface area (Å²) >= 11 is 0. The second kappa shape index (κ2) is 4.41. The van der Waals surface area contributed by atoms with E-state index in [1.807, 2.05) is 12.1 Å². The highest BCUT2D eigenvalue weighted by atomic mass is 16.5. The Balaban J connectivity index is 1.96. The number of aromatic nitrogens is 2. The Labute approximate surface area is 87.7 Å². The minimum atomic E-state index is 0.486. The molecule has 4 nitrogen and oxygen atoms in total. The molecule has 0 aliphatic heterocycles. The van der Waals surface area contributed by atoms with Crippen LogP contribution in [0.1, 0.15) is 5.56 Å². The first kappa shape index (κ1) is 9.45. The number of hydrogen-bond donors (Lipinski definition) is 1. The highest BCUT2D eigenvalue weighted by Gasteiger charge is 1.96. The van der Waals surface area contributed by atoms with Gasteiger partial charge in [-0.2, -0.15) is 0 Å². The maximum absolute atomic E-state index is 5.51. The lowest BCUT2D eigenvalue weighted by molar-refractivity contribution is 0.294. The van der Waals surface area contributed by atoms with E-state index in [2.05, 4.69) is 9.97 Å². The zero-order valence-corrected chi connectivity index (χ0v) is 8.13. The van der Waals surface area contributed by atoms with E-state index in [1.165, 1.54) is 0 Å². The zero-order valence-electron chi connectivity index (χ0n) is 8.13. The van der Waals surface area contributed by atoms with Crippen molar-refractivity contribution in [3.63, 3.8) is 0 Å². The molecule has 76 valence electrons. The third-order valence-electron chi connectivity index (χ3n) is 1.90. The molecule has 2 rings (SSSR count). The molecule has 0 saturated heterocycles. The monoisotopic (exact) mass is 201 g/mol. The first-order valence-corrected chi connectivity index (χ1v) is 4.58. The lowest BCUT2D eigenvalue weighted by Crippen LogP contribution is -1.97. The lowest BCUT2D eigenvalue weighted by atomic mass is 10.3. The fourth-order valence-electron chi connectivity index (χ4n) is 1.11. The van der Waals surface area contributed by atoms with Crippen LogP contribution in [0, 0.1) is 0 Å². The summed E-state index contributed by atoms with van der Waals surface area (Å²) in [6.45, 7) is 0.486. The summed E-state index contributed by atoms with van der Waals surface area (Å²) < 4.78 is 5.45. The van der Waals surface area contributed by atoms with Crippen molar-refractivity contribution in [2.75, 3.05) is 5.73 Å². The van der Waals surface area contributed by atoms with E-state index in [1.54, 1.807) is 30.7 Å². The van der Waals surface area contributed by atoms with Gasteiger partial charge in [0.25, 0.3) is 0 Å². The van der Waals surface area contributed by atoms with Gasteiger partial charge in [0.1, 0.15) is 6.61 Å². The van der Waals surface area contributed by atoms with Crippen molar-refractivity contribution < 1.29 is 4.74 Å². The van der Waals surface area contributed by atoms with E-state index >= 15 is 0 Å². The number of rotatable bonds is 3. The fraction of sp³-hybridized carbons (Fsp3) is 0.0909. The van der Waals surface area contributed by atoms with Crippen LogP contribution in [0.25, 0.3) is 0 Å². The Bertz CT molecular complexity index is 414. The molecule has 15 heavy (non-hydrogen) atoms. The van der Waals surface area contributed by atoms with Crippen LogP contribution in [0.3, 0.4) is 0 Å². The second-order valence-corrected chi connectivity index (χ2v) is 3.07. The van der Waals surface area contributed by atoms with Crippen molar-refractivity contribution in [2.24, 2.45) is 0 Å². The number of pyridine rings is 2. The van der Waals surface area contributed by atoms with Crippen LogP contribution in [0.5, 0.6) is 5.88 Å². The molecule has 2 aromatic heterocycles. The van der Waals surface area contributed by atoms with E-state index in [0.29, 0.717) is 18.2 Å². The molecule has 0 amide bonds. The Hall–Kier alpha value is -2.10. The topological polar surface area (TPSA) is 61.0 Å².